The van der Waals surface area contributed by atoms with Crippen LogP contribution in [-0.2, 0) is 9.59 Å². The maximum absolute atomic E-state index is 10.3. The summed E-state index contributed by atoms with van der Waals surface area (Å²) in [4.78, 5) is 20.2. The van der Waals surface area contributed by atoms with Crippen molar-refractivity contribution in [3.63, 3.8) is 0 Å². The van der Waals surface area contributed by atoms with E-state index in [4.69, 9.17) is 20.4 Å². The van der Waals surface area contributed by atoms with Gasteiger partial charge in [-0.05, 0) is 0 Å². The number of hydrogen-bond acceptors (Lipinski definition) is 6. The van der Waals surface area contributed by atoms with Gasteiger partial charge in [-0.25, -0.2) is 0 Å². The van der Waals surface area contributed by atoms with Crippen LogP contribution in [0.3, 0.4) is 0 Å². The second-order valence-electron chi connectivity index (χ2n) is 2.46. The fourth-order valence-electron chi connectivity index (χ4n) is 0.638. The van der Waals surface area contributed by atoms with Crippen molar-refractivity contribution in [3.05, 3.63) is 0 Å². The molecule has 0 spiro atoms. The Hall–Kier alpha value is -1.02. The van der Waals surface area contributed by atoms with E-state index in [1.807, 2.05) is 0 Å². The van der Waals surface area contributed by atoms with Gasteiger partial charge in [-0.1, -0.05) is 0 Å². The summed E-state index contributed by atoms with van der Waals surface area (Å²) in [6, 6.07) is 0. The fraction of sp³-hybridized carbons (Fsp3) is 0.667. The molecule has 0 aromatic carbocycles. The number of rotatable bonds is 5. The van der Waals surface area contributed by atoms with Gasteiger partial charge in [0, 0.05) is 0 Å². The highest BCUT2D eigenvalue weighted by atomic mass is 16.4. The molecule has 0 unspecified atom stereocenters. The van der Waals surface area contributed by atoms with Gasteiger partial charge in [0.05, 0.1) is 0 Å². The Kier molecular flexibility index (Phi) is 4.49. The Balaban J connectivity index is 4.32. The van der Waals surface area contributed by atoms with Gasteiger partial charge in [-0.3, -0.25) is 4.79 Å². The quantitative estimate of drug-likeness (QED) is 0.283. The van der Waals surface area contributed by atoms with Crippen LogP contribution in [0, 0.1) is 0 Å². The molecular weight excluding hydrogens is 182 g/mol. The van der Waals surface area contributed by atoms with Crippen LogP contribution in [0.5, 0.6) is 0 Å². The fourth-order valence-corrected chi connectivity index (χ4v) is 0.638. The molecule has 0 aromatic heterocycles. The molecule has 0 aromatic rings. The predicted octanol–water partition coefficient (Wildman–Crippen LogP) is -3.89. The minimum Gasteiger partial charge on any atom is -0.387 e. The van der Waals surface area contributed by atoms with E-state index in [0.29, 0.717) is 0 Å². The molecule has 0 aliphatic carbocycles. The average molecular weight is 193 g/mol. The number of aldehydes is 1. The summed E-state index contributed by atoms with van der Waals surface area (Å²) in [5.74, 6) is -1.26. The topological polar surface area (TPSA) is 141 Å². The van der Waals surface area contributed by atoms with Crippen LogP contribution in [0.1, 0.15) is 0 Å². The molecule has 76 valence electrons. The molecule has 6 N–H and O–H groups in total. The molecule has 0 saturated carbocycles. The third-order valence-corrected chi connectivity index (χ3v) is 1.45. The van der Waals surface area contributed by atoms with E-state index in [-0.39, 0.29) is 6.29 Å². The Labute approximate surface area is 73.4 Å². The lowest BCUT2D eigenvalue weighted by molar-refractivity contribution is -0.147. The van der Waals surface area contributed by atoms with Crippen molar-refractivity contribution in [2.75, 3.05) is 0 Å². The molecule has 0 radical (unpaired) electrons. The number of primary amides is 1. The lowest BCUT2D eigenvalue weighted by Crippen LogP contribution is -2.49. The van der Waals surface area contributed by atoms with Crippen LogP contribution in [0.15, 0.2) is 0 Å². The third kappa shape index (κ3) is 3.07. The van der Waals surface area contributed by atoms with Gasteiger partial charge < -0.3 is 31.0 Å². The zero-order valence-corrected chi connectivity index (χ0v) is 6.57. The largest absolute Gasteiger partial charge is 0.387 e. The van der Waals surface area contributed by atoms with Crippen LogP contribution >= 0.6 is 0 Å². The number of hydrogen-bond donors (Lipinski definition) is 5. The number of amides is 1. The molecule has 13 heavy (non-hydrogen) atoms. The molecule has 7 heteroatoms. The summed E-state index contributed by atoms with van der Waals surface area (Å²) in [6.07, 6.45) is -7.87. The zero-order valence-electron chi connectivity index (χ0n) is 6.57. The van der Waals surface area contributed by atoms with Crippen LogP contribution < -0.4 is 5.73 Å². The van der Waals surface area contributed by atoms with Crippen LogP contribution in [0.4, 0.5) is 0 Å². The highest BCUT2D eigenvalue weighted by Gasteiger charge is 2.32. The number of carbonyl (C=O) groups excluding carboxylic acids is 2. The Morgan fingerprint density at radius 1 is 1.15 bits per heavy atom. The summed E-state index contributed by atoms with van der Waals surface area (Å²) in [7, 11) is 0. The first-order valence-electron chi connectivity index (χ1n) is 3.38. The number of nitrogens with two attached hydrogens (primary N) is 1. The molecule has 0 bridgehead atoms. The highest BCUT2D eigenvalue weighted by molar-refractivity contribution is 5.79. The molecule has 0 aliphatic rings. The van der Waals surface area contributed by atoms with E-state index in [1.54, 1.807) is 0 Å². The normalized spacial score (nSPS) is 20.0. The Bertz CT molecular complexity index is 196. The van der Waals surface area contributed by atoms with Gasteiger partial charge in [0.25, 0.3) is 0 Å². The van der Waals surface area contributed by atoms with E-state index < -0.39 is 30.3 Å². The van der Waals surface area contributed by atoms with Crippen LogP contribution in [0.25, 0.3) is 0 Å². The van der Waals surface area contributed by atoms with Crippen molar-refractivity contribution < 1.29 is 30.0 Å². The minimum absolute atomic E-state index is 0.0401. The summed E-state index contributed by atoms with van der Waals surface area (Å²) < 4.78 is 0. The van der Waals surface area contributed by atoms with Crippen molar-refractivity contribution in [3.8, 4) is 0 Å². The molecule has 0 saturated heterocycles. The van der Waals surface area contributed by atoms with Crippen LogP contribution in [0.2, 0.25) is 0 Å². The Morgan fingerprint density at radius 3 is 1.92 bits per heavy atom. The predicted molar refractivity (Wildman–Crippen MR) is 39.3 cm³/mol. The SMILES string of the molecule is NC(=O)[C@H](O)[C@@H](O)[C@H](O)[C@@H](O)C=O. The first kappa shape index (κ1) is 12.0. The number of carbonyl (C=O) groups is 2. The summed E-state index contributed by atoms with van der Waals surface area (Å²) >= 11 is 0. The molecule has 7 nitrogen and oxygen atoms in total. The standard InChI is InChI=1S/C6H11NO6/c7-6(13)5(12)4(11)3(10)2(9)1-8/h1-5,9-12H,(H2,7,13)/t2-,3+,4-,5+/m0/s1. The van der Waals surface area contributed by atoms with E-state index in [1.165, 1.54) is 0 Å². The highest BCUT2D eigenvalue weighted by Crippen LogP contribution is 2.03. The van der Waals surface area contributed by atoms with Crippen molar-refractivity contribution >= 4 is 12.2 Å². The van der Waals surface area contributed by atoms with Gasteiger partial charge >= 0.3 is 0 Å². The van der Waals surface area contributed by atoms with Gasteiger partial charge in [-0.15, -0.1) is 0 Å². The van der Waals surface area contributed by atoms with E-state index >= 15 is 0 Å². The maximum Gasteiger partial charge on any atom is 0.249 e. The number of aliphatic hydroxyl groups is 4. The smallest absolute Gasteiger partial charge is 0.249 e. The summed E-state index contributed by atoms with van der Waals surface area (Å²) in [5, 5.41) is 35.3. The number of aliphatic hydroxyl groups excluding tert-OH is 4. The first-order valence-corrected chi connectivity index (χ1v) is 3.38. The average Bonchev–Trinajstić information content (AvgIpc) is 2.12. The second-order valence-corrected chi connectivity index (χ2v) is 2.46. The van der Waals surface area contributed by atoms with Gasteiger partial charge in [0.2, 0.25) is 5.91 Å². The lowest BCUT2D eigenvalue weighted by atomic mass is 10.0. The summed E-state index contributed by atoms with van der Waals surface area (Å²) in [5.41, 5.74) is 4.59. The van der Waals surface area contributed by atoms with Crippen molar-refractivity contribution in [2.24, 2.45) is 5.73 Å². The van der Waals surface area contributed by atoms with E-state index in [9.17, 15) is 9.59 Å². The zero-order chi connectivity index (χ0) is 10.6. The van der Waals surface area contributed by atoms with Gasteiger partial charge in [0.1, 0.15) is 18.3 Å². The lowest BCUT2D eigenvalue weighted by Gasteiger charge is -2.21. The van der Waals surface area contributed by atoms with Crippen LogP contribution in [-0.4, -0.2) is 57.0 Å². The monoisotopic (exact) mass is 193 g/mol. The molecule has 0 rings (SSSR count). The third-order valence-electron chi connectivity index (χ3n) is 1.45. The van der Waals surface area contributed by atoms with Crippen molar-refractivity contribution in [1.82, 2.24) is 0 Å². The first-order chi connectivity index (χ1) is 5.91. The second kappa shape index (κ2) is 4.87. The molecule has 4 atom stereocenters. The van der Waals surface area contributed by atoms with E-state index in [2.05, 4.69) is 5.73 Å². The maximum atomic E-state index is 10.3. The molecule has 0 heterocycles. The Morgan fingerprint density at radius 2 is 1.62 bits per heavy atom. The van der Waals surface area contributed by atoms with Gasteiger partial charge in [-0.2, -0.15) is 0 Å². The molecule has 0 aliphatic heterocycles. The summed E-state index contributed by atoms with van der Waals surface area (Å²) in [6.45, 7) is 0. The van der Waals surface area contributed by atoms with Crippen molar-refractivity contribution in [2.45, 2.75) is 24.4 Å². The molecular formula is C6H11NO6. The minimum atomic E-state index is -2.02. The molecule has 1 amide bonds. The molecule has 0 fully saturated rings. The van der Waals surface area contributed by atoms with Gasteiger partial charge in [0.15, 0.2) is 12.4 Å². The van der Waals surface area contributed by atoms with E-state index in [0.717, 1.165) is 0 Å². The van der Waals surface area contributed by atoms with Crippen molar-refractivity contribution in [1.29, 1.82) is 0 Å².